The van der Waals surface area contributed by atoms with E-state index in [-0.39, 0.29) is 22.6 Å². The van der Waals surface area contributed by atoms with Gasteiger partial charge in [0.1, 0.15) is 22.3 Å². The Morgan fingerprint density at radius 2 is 2.19 bits per heavy atom. The molecule has 1 amide bonds. The molecule has 26 heavy (non-hydrogen) atoms. The molecule has 10 heteroatoms. The summed E-state index contributed by atoms with van der Waals surface area (Å²) in [6.45, 7) is 0.703. The second-order valence-corrected chi connectivity index (χ2v) is 7.02. The number of benzene rings is 1. The molecule has 1 atom stereocenters. The second-order valence-electron chi connectivity index (χ2n) is 5.32. The first-order valence-corrected chi connectivity index (χ1v) is 9.03. The van der Waals surface area contributed by atoms with E-state index in [1.807, 2.05) is 0 Å². The molecule has 1 heterocycles. The first-order chi connectivity index (χ1) is 12.3. The molecule has 0 aliphatic rings. The van der Waals surface area contributed by atoms with Crippen LogP contribution in [-0.4, -0.2) is 34.9 Å². The minimum atomic E-state index is -1.60. The van der Waals surface area contributed by atoms with Crippen molar-refractivity contribution in [3.05, 3.63) is 57.9 Å². The van der Waals surface area contributed by atoms with E-state index in [2.05, 4.69) is 4.72 Å². The molecule has 2 rings (SSSR count). The lowest BCUT2D eigenvalue weighted by Crippen LogP contribution is -2.30. The van der Waals surface area contributed by atoms with Gasteiger partial charge < -0.3 is 15.0 Å². The zero-order valence-corrected chi connectivity index (χ0v) is 15.5. The van der Waals surface area contributed by atoms with Gasteiger partial charge in [-0.2, -0.15) is 0 Å². The summed E-state index contributed by atoms with van der Waals surface area (Å²) in [5.41, 5.74) is 5.40. The highest BCUT2D eigenvalue weighted by molar-refractivity contribution is 7.83. The number of nitrogens with two attached hydrogens (primary N) is 1. The van der Waals surface area contributed by atoms with Gasteiger partial charge in [-0.3, -0.25) is 10.2 Å². The number of nitrogens with one attached hydrogen (secondary N) is 2. The fourth-order valence-electron chi connectivity index (χ4n) is 2.27. The van der Waals surface area contributed by atoms with Crippen molar-refractivity contribution < 1.29 is 18.1 Å². The maximum atomic E-state index is 13.7. The zero-order valence-electron chi connectivity index (χ0n) is 13.9. The molecule has 0 saturated carbocycles. The summed E-state index contributed by atoms with van der Waals surface area (Å²) in [6, 6.07) is 5.13. The van der Waals surface area contributed by atoms with Crippen LogP contribution in [0.5, 0.6) is 0 Å². The number of carbonyl (C=O) groups excluding carboxylic acids is 1. The molecule has 7 nitrogen and oxygen atoms in total. The van der Waals surface area contributed by atoms with Crippen molar-refractivity contribution in [2.75, 3.05) is 20.3 Å². The first kappa shape index (κ1) is 20.2. The Labute approximate surface area is 157 Å². The monoisotopic (exact) mass is 400 g/mol. The second kappa shape index (κ2) is 9.04. The summed E-state index contributed by atoms with van der Waals surface area (Å²) >= 11 is 5.98. The molecule has 0 aliphatic heterocycles. The molecule has 0 bridgehead atoms. The lowest BCUT2D eigenvalue weighted by molar-refractivity contribution is 0.0997. The molecule has 4 N–H and O–H groups in total. The normalized spacial score (nSPS) is 12.1. The van der Waals surface area contributed by atoms with Gasteiger partial charge in [-0.25, -0.2) is 13.3 Å². The van der Waals surface area contributed by atoms with Crippen LogP contribution in [0.25, 0.3) is 0 Å². The Bertz CT molecular complexity index is 904. The molecule has 0 saturated heterocycles. The number of methoxy groups -OCH3 is 1. The molecule has 1 aromatic heterocycles. The summed E-state index contributed by atoms with van der Waals surface area (Å²) in [7, 11) is -0.0767. The number of nitrogens with zero attached hydrogens (tertiary/aromatic N) is 1. The summed E-state index contributed by atoms with van der Waals surface area (Å²) in [5.74, 6) is -1.31. The van der Waals surface area contributed by atoms with Gasteiger partial charge in [-0.1, -0.05) is 11.6 Å². The van der Waals surface area contributed by atoms with E-state index in [1.165, 1.54) is 42.1 Å². The Morgan fingerprint density at radius 1 is 1.46 bits per heavy atom. The molecular formula is C16H18ClFN4O3S. The molecule has 0 fully saturated rings. The summed E-state index contributed by atoms with van der Waals surface area (Å²) < 4.78 is 35.1. The minimum absolute atomic E-state index is 0.00946. The van der Waals surface area contributed by atoms with E-state index >= 15 is 0 Å². The van der Waals surface area contributed by atoms with Crippen molar-refractivity contribution >= 4 is 28.5 Å². The van der Waals surface area contributed by atoms with E-state index in [4.69, 9.17) is 27.5 Å². The SMILES string of the molecule is COCCNS(=O)c1ccc(F)cc1Cn1cc(Cl)cc(C(N)=O)c1=N. The van der Waals surface area contributed by atoms with Crippen molar-refractivity contribution in [3.63, 3.8) is 0 Å². The van der Waals surface area contributed by atoms with E-state index in [9.17, 15) is 13.4 Å². The number of carbonyl (C=O) groups is 1. The maximum Gasteiger partial charge on any atom is 0.252 e. The average molecular weight is 401 g/mol. The molecule has 1 unspecified atom stereocenters. The van der Waals surface area contributed by atoms with Crippen molar-refractivity contribution in [2.45, 2.75) is 11.4 Å². The van der Waals surface area contributed by atoms with Gasteiger partial charge in [0.15, 0.2) is 0 Å². The third-order valence-corrected chi connectivity index (χ3v) is 4.94. The van der Waals surface area contributed by atoms with Crippen LogP contribution in [0.4, 0.5) is 4.39 Å². The number of halogens is 2. The highest BCUT2D eigenvalue weighted by atomic mass is 35.5. The third kappa shape index (κ3) is 4.98. The van der Waals surface area contributed by atoms with Gasteiger partial charge in [0.2, 0.25) is 0 Å². The molecule has 2 aromatic rings. The number of hydrogen-bond acceptors (Lipinski definition) is 4. The van der Waals surface area contributed by atoms with Crippen LogP contribution in [0.15, 0.2) is 35.4 Å². The van der Waals surface area contributed by atoms with E-state index in [1.54, 1.807) is 0 Å². The smallest absolute Gasteiger partial charge is 0.252 e. The van der Waals surface area contributed by atoms with Crippen LogP contribution in [0.2, 0.25) is 5.02 Å². The zero-order chi connectivity index (χ0) is 19.3. The van der Waals surface area contributed by atoms with Crippen molar-refractivity contribution in [1.29, 1.82) is 5.41 Å². The quantitative estimate of drug-likeness (QED) is 0.578. The minimum Gasteiger partial charge on any atom is -0.383 e. The Hall–Kier alpha value is -2.07. The van der Waals surface area contributed by atoms with Gasteiger partial charge in [0, 0.05) is 19.9 Å². The van der Waals surface area contributed by atoms with Crippen LogP contribution in [-0.2, 0) is 22.3 Å². The largest absolute Gasteiger partial charge is 0.383 e. The van der Waals surface area contributed by atoms with Gasteiger partial charge in [0.05, 0.1) is 28.6 Å². The predicted octanol–water partition coefficient (Wildman–Crippen LogP) is 1.17. The molecule has 140 valence electrons. The highest BCUT2D eigenvalue weighted by Gasteiger charge is 2.14. The summed E-state index contributed by atoms with van der Waals surface area (Å²) in [5, 5.41) is 8.29. The van der Waals surface area contributed by atoms with E-state index < -0.39 is 22.7 Å². The standard InChI is InChI=1S/C16H18ClFN4O3S/c1-25-5-4-21-26(24)14-3-2-12(18)6-10(14)8-22-9-11(17)7-13(15(22)19)16(20)23/h2-3,6-7,9,19,21H,4-5,8H2,1H3,(H2,20,23). The number of primary amides is 1. The predicted molar refractivity (Wildman–Crippen MR) is 95.6 cm³/mol. The number of rotatable bonds is 8. The molecule has 1 aromatic carbocycles. The molecular weight excluding hydrogens is 383 g/mol. The van der Waals surface area contributed by atoms with E-state index in [0.29, 0.717) is 23.6 Å². The van der Waals surface area contributed by atoms with Crippen molar-refractivity contribution in [1.82, 2.24) is 9.29 Å². The number of pyridine rings is 1. The average Bonchev–Trinajstić information content (AvgIpc) is 2.57. The fourth-order valence-corrected chi connectivity index (χ4v) is 3.48. The third-order valence-electron chi connectivity index (χ3n) is 3.47. The molecule has 0 aliphatic carbocycles. The Kier molecular flexibility index (Phi) is 7.04. The first-order valence-electron chi connectivity index (χ1n) is 7.50. The Morgan fingerprint density at radius 3 is 2.85 bits per heavy atom. The fraction of sp³-hybridized carbons (Fsp3) is 0.250. The van der Waals surface area contributed by atoms with Crippen LogP contribution in [0.3, 0.4) is 0 Å². The van der Waals surface area contributed by atoms with Crippen LogP contribution < -0.4 is 15.9 Å². The lowest BCUT2D eigenvalue weighted by Gasteiger charge is -2.14. The topological polar surface area (TPSA) is 110 Å². The van der Waals surface area contributed by atoms with Crippen LogP contribution >= 0.6 is 11.6 Å². The maximum absolute atomic E-state index is 13.7. The number of hydrogen-bond donors (Lipinski definition) is 3. The highest BCUT2D eigenvalue weighted by Crippen LogP contribution is 2.17. The van der Waals surface area contributed by atoms with Crippen molar-refractivity contribution in [2.24, 2.45) is 5.73 Å². The van der Waals surface area contributed by atoms with Gasteiger partial charge in [-0.05, 0) is 29.8 Å². The summed E-state index contributed by atoms with van der Waals surface area (Å²) in [4.78, 5) is 11.8. The van der Waals surface area contributed by atoms with Crippen LogP contribution in [0, 0.1) is 11.2 Å². The number of ether oxygens (including phenoxy) is 1. The van der Waals surface area contributed by atoms with Gasteiger partial charge in [-0.15, -0.1) is 0 Å². The van der Waals surface area contributed by atoms with Gasteiger partial charge >= 0.3 is 0 Å². The van der Waals surface area contributed by atoms with Crippen molar-refractivity contribution in [3.8, 4) is 0 Å². The summed E-state index contributed by atoms with van der Waals surface area (Å²) in [6.07, 6.45) is 1.42. The Balaban J connectivity index is 2.41. The lowest BCUT2D eigenvalue weighted by atomic mass is 10.2. The number of amides is 1. The number of aromatic nitrogens is 1. The molecule has 0 spiro atoms. The van der Waals surface area contributed by atoms with Gasteiger partial charge in [0.25, 0.3) is 5.91 Å². The van der Waals surface area contributed by atoms with E-state index in [0.717, 1.165) is 0 Å². The van der Waals surface area contributed by atoms with Crippen LogP contribution in [0.1, 0.15) is 15.9 Å². The molecule has 0 radical (unpaired) electrons.